The third-order valence-electron chi connectivity index (χ3n) is 4.07. The molecule has 3 nitrogen and oxygen atoms in total. The molecule has 0 bridgehead atoms. The SMILES string of the molecule is Cc1ccc(CN2CC(N)CC(CCO)C2)c(C)c1. The molecule has 0 amide bonds. The van der Waals surface area contributed by atoms with Gasteiger partial charge in [0.1, 0.15) is 0 Å². The zero-order chi connectivity index (χ0) is 13.8. The lowest BCUT2D eigenvalue weighted by atomic mass is 9.91. The van der Waals surface area contributed by atoms with Gasteiger partial charge >= 0.3 is 0 Å². The number of nitrogens with two attached hydrogens (primary N) is 1. The van der Waals surface area contributed by atoms with Gasteiger partial charge in [-0.2, -0.15) is 0 Å². The maximum atomic E-state index is 9.10. The maximum Gasteiger partial charge on any atom is 0.0434 e. The second kappa shape index (κ2) is 6.51. The van der Waals surface area contributed by atoms with Gasteiger partial charge in [-0.05, 0) is 43.7 Å². The Morgan fingerprint density at radius 1 is 1.32 bits per heavy atom. The summed E-state index contributed by atoms with van der Waals surface area (Å²) in [6.07, 6.45) is 1.92. The first kappa shape index (κ1) is 14.5. The first-order valence-electron chi connectivity index (χ1n) is 7.23. The lowest BCUT2D eigenvalue weighted by molar-refractivity contribution is 0.128. The Labute approximate surface area is 116 Å². The fraction of sp³-hybridized carbons (Fsp3) is 0.625. The summed E-state index contributed by atoms with van der Waals surface area (Å²) < 4.78 is 0. The van der Waals surface area contributed by atoms with Gasteiger partial charge in [-0.3, -0.25) is 4.90 Å². The summed E-state index contributed by atoms with van der Waals surface area (Å²) >= 11 is 0. The summed E-state index contributed by atoms with van der Waals surface area (Å²) in [5.41, 5.74) is 10.2. The van der Waals surface area contributed by atoms with Crippen molar-refractivity contribution in [1.29, 1.82) is 0 Å². The monoisotopic (exact) mass is 262 g/mol. The number of piperidine rings is 1. The molecule has 3 heteroatoms. The van der Waals surface area contributed by atoms with E-state index in [9.17, 15) is 0 Å². The van der Waals surface area contributed by atoms with Gasteiger partial charge < -0.3 is 10.8 Å². The van der Waals surface area contributed by atoms with Crippen molar-refractivity contribution >= 4 is 0 Å². The van der Waals surface area contributed by atoms with Crippen molar-refractivity contribution in [2.24, 2.45) is 11.7 Å². The van der Waals surface area contributed by atoms with E-state index in [4.69, 9.17) is 10.8 Å². The van der Waals surface area contributed by atoms with Crippen LogP contribution in [-0.4, -0.2) is 35.7 Å². The topological polar surface area (TPSA) is 49.5 Å². The van der Waals surface area contributed by atoms with Crippen LogP contribution in [0, 0.1) is 19.8 Å². The molecule has 0 saturated carbocycles. The maximum absolute atomic E-state index is 9.10. The van der Waals surface area contributed by atoms with Crippen LogP contribution in [0.4, 0.5) is 0 Å². The van der Waals surface area contributed by atoms with Gasteiger partial charge in [0.2, 0.25) is 0 Å². The lowest BCUT2D eigenvalue weighted by Crippen LogP contribution is -2.46. The van der Waals surface area contributed by atoms with E-state index >= 15 is 0 Å². The van der Waals surface area contributed by atoms with Crippen LogP contribution in [0.1, 0.15) is 29.5 Å². The molecule has 3 N–H and O–H groups in total. The Hall–Kier alpha value is -0.900. The van der Waals surface area contributed by atoms with E-state index in [0.717, 1.165) is 32.5 Å². The molecule has 2 unspecified atom stereocenters. The number of nitrogens with zero attached hydrogens (tertiary/aromatic N) is 1. The van der Waals surface area contributed by atoms with Crippen molar-refractivity contribution in [3.8, 4) is 0 Å². The van der Waals surface area contributed by atoms with Gasteiger partial charge in [-0.1, -0.05) is 23.8 Å². The molecular weight excluding hydrogens is 236 g/mol. The quantitative estimate of drug-likeness (QED) is 0.870. The molecule has 1 aliphatic heterocycles. The molecule has 1 saturated heterocycles. The zero-order valence-electron chi connectivity index (χ0n) is 12.1. The van der Waals surface area contributed by atoms with Crippen LogP contribution in [0.25, 0.3) is 0 Å². The fourth-order valence-corrected chi connectivity index (χ4v) is 3.13. The first-order valence-corrected chi connectivity index (χ1v) is 7.23. The molecule has 1 aromatic rings. The van der Waals surface area contributed by atoms with Crippen LogP contribution in [0.15, 0.2) is 18.2 Å². The summed E-state index contributed by atoms with van der Waals surface area (Å²) in [4.78, 5) is 2.44. The average Bonchev–Trinajstić information content (AvgIpc) is 2.32. The molecule has 2 rings (SSSR count). The second-order valence-corrected chi connectivity index (χ2v) is 6.00. The number of rotatable bonds is 4. The zero-order valence-corrected chi connectivity index (χ0v) is 12.1. The minimum atomic E-state index is 0.246. The number of aryl methyl sites for hydroxylation is 2. The average molecular weight is 262 g/mol. The van der Waals surface area contributed by atoms with E-state index in [1.807, 2.05) is 0 Å². The Balaban J connectivity index is 2.01. The Bertz CT molecular complexity index is 419. The van der Waals surface area contributed by atoms with Gasteiger partial charge in [0.15, 0.2) is 0 Å². The van der Waals surface area contributed by atoms with Gasteiger partial charge in [0.05, 0.1) is 0 Å². The molecule has 0 radical (unpaired) electrons. The number of aliphatic hydroxyl groups is 1. The predicted molar refractivity (Wildman–Crippen MR) is 79.0 cm³/mol. The van der Waals surface area contributed by atoms with Crippen LogP contribution in [0.2, 0.25) is 0 Å². The van der Waals surface area contributed by atoms with Crippen LogP contribution >= 0.6 is 0 Å². The summed E-state index contributed by atoms with van der Waals surface area (Å²) in [6, 6.07) is 6.89. The van der Waals surface area contributed by atoms with E-state index in [0.29, 0.717) is 5.92 Å². The summed E-state index contributed by atoms with van der Waals surface area (Å²) in [5.74, 6) is 0.541. The van der Waals surface area contributed by atoms with E-state index in [-0.39, 0.29) is 12.6 Å². The van der Waals surface area contributed by atoms with Gasteiger partial charge in [-0.25, -0.2) is 0 Å². The Morgan fingerprint density at radius 3 is 2.79 bits per heavy atom. The molecule has 1 fully saturated rings. The Morgan fingerprint density at radius 2 is 2.11 bits per heavy atom. The van der Waals surface area contributed by atoms with Crippen molar-refractivity contribution in [1.82, 2.24) is 4.90 Å². The molecule has 1 aromatic carbocycles. The van der Waals surface area contributed by atoms with E-state index in [2.05, 4.69) is 36.9 Å². The number of hydrogen-bond acceptors (Lipinski definition) is 3. The van der Waals surface area contributed by atoms with Crippen molar-refractivity contribution in [3.05, 3.63) is 34.9 Å². The van der Waals surface area contributed by atoms with Crippen LogP contribution in [0.5, 0.6) is 0 Å². The summed E-state index contributed by atoms with van der Waals surface area (Å²) in [6.45, 7) is 7.58. The molecule has 0 aliphatic carbocycles. The molecule has 2 atom stereocenters. The number of benzene rings is 1. The van der Waals surface area contributed by atoms with Crippen molar-refractivity contribution in [2.75, 3.05) is 19.7 Å². The minimum Gasteiger partial charge on any atom is -0.396 e. The van der Waals surface area contributed by atoms with Gasteiger partial charge in [-0.15, -0.1) is 0 Å². The lowest BCUT2D eigenvalue weighted by Gasteiger charge is -2.36. The Kier molecular flexibility index (Phi) is 4.97. The molecule has 106 valence electrons. The molecule has 19 heavy (non-hydrogen) atoms. The van der Waals surface area contributed by atoms with Crippen molar-refractivity contribution < 1.29 is 5.11 Å². The number of likely N-dealkylation sites (tertiary alicyclic amines) is 1. The largest absolute Gasteiger partial charge is 0.396 e. The highest BCUT2D eigenvalue weighted by atomic mass is 16.3. The number of aliphatic hydroxyl groups excluding tert-OH is 1. The first-order chi connectivity index (χ1) is 9.08. The van der Waals surface area contributed by atoms with Crippen molar-refractivity contribution in [2.45, 2.75) is 39.3 Å². The second-order valence-electron chi connectivity index (χ2n) is 6.00. The standard InChI is InChI=1S/C16H26N2O/c1-12-3-4-15(13(2)7-12)10-18-9-14(5-6-19)8-16(17)11-18/h3-4,7,14,16,19H,5-6,8-11,17H2,1-2H3. The molecule has 0 spiro atoms. The van der Waals surface area contributed by atoms with Gasteiger partial charge in [0, 0.05) is 32.3 Å². The molecule has 0 aromatic heterocycles. The number of hydrogen-bond donors (Lipinski definition) is 2. The van der Waals surface area contributed by atoms with E-state index in [1.165, 1.54) is 16.7 Å². The van der Waals surface area contributed by atoms with Crippen LogP contribution in [-0.2, 0) is 6.54 Å². The molecular formula is C16H26N2O. The normalized spacial score (nSPS) is 24.6. The van der Waals surface area contributed by atoms with Crippen LogP contribution < -0.4 is 5.73 Å². The third-order valence-corrected chi connectivity index (χ3v) is 4.07. The fourth-order valence-electron chi connectivity index (χ4n) is 3.13. The predicted octanol–water partition coefficient (Wildman–Crippen LogP) is 1.84. The highest BCUT2D eigenvalue weighted by molar-refractivity contribution is 5.30. The van der Waals surface area contributed by atoms with Gasteiger partial charge in [0.25, 0.3) is 0 Å². The third kappa shape index (κ3) is 4.03. The molecule has 1 heterocycles. The highest BCUT2D eigenvalue weighted by Gasteiger charge is 2.24. The van der Waals surface area contributed by atoms with E-state index < -0.39 is 0 Å². The highest BCUT2D eigenvalue weighted by Crippen LogP contribution is 2.21. The molecule has 1 aliphatic rings. The summed E-state index contributed by atoms with van der Waals surface area (Å²) in [7, 11) is 0. The summed E-state index contributed by atoms with van der Waals surface area (Å²) in [5, 5.41) is 9.10. The van der Waals surface area contributed by atoms with Crippen LogP contribution in [0.3, 0.4) is 0 Å². The smallest absolute Gasteiger partial charge is 0.0434 e. The minimum absolute atomic E-state index is 0.246. The van der Waals surface area contributed by atoms with E-state index in [1.54, 1.807) is 0 Å². The van der Waals surface area contributed by atoms with Crippen molar-refractivity contribution in [3.63, 3.8) is 0 Å².